The van der Waals surface area contributed by atoms with Gasteiger partial charge in [-0.3, -0.25) is 4.79 Å². The number of anilines is 3. The number of hydrogen-bond acceptors (Lipinski definition) is 11. The van der Waals surface area contributed by atoms with Gasteiger partial charge >= 0.3 is 0 Å². The van der Waals surface area contributed by atoms with Crippen LogP contribution in [0.2, 0.25) is 0 Å². The number of benzene rings is 1. The molecule has 43 heavy (non-hydrogen) atoms. The Hall–Kier alpha value is -3.06. The molecule has 1 aromatic carbocycles. The normalized spacial score (nSPS) is 22.1. The summed E-state index contributed by atoms with van der Waals surface area (Å²) in [4.78, 5) is 26.5. The molecular formula is C31H50N8O4. The number of ether oxygens (including phenoxy) is 2. The Morgan fingerprint density at radius 1 is 0.860 bits per heavy atom. The lowest BCUT2D eigenvalue weighted by Gasteiger charge is -2.27. The Morgan fingerprint density at radius 3 is 2.21 bits per heavy atom. The van der Waals surface area contributed by atoms with Crippen molar-refractivity contribution >= 4 is 23.8 Å². The van der Waals surface area contributed by atoms with E-state index in [-0.39, 0.29) is 18.1 Å². The molecule has 7 N–H and O–H groups in total. The molecule has 0 saturated heterocycles. The van der Waals surface area contributed by atoms with Gasteiger partial charge in [-0.2, -0.15) is 15.0 Å². The van der Waals surface area contributed by atoms with Gasteiger partial charge in [-0.25, -0.2) is 0 Å². The first-order valence-electron chi connectivity index (χ1n) is 15.9. The largest absolute Gasteiger partial charge is 0.393 e. The fourth-order valence-corrected chi connectivity index (χ4v) is 5.47. The van der Waals surface area contributed by atoms with Crippen LogP contribution in [0, 0.1) is 11.8 Å². The molecule has 0 radical (unpaired) electrons. The van der Waals surface area contributed by atoms with Gasteiger partial charge in [0, 0.05) is 37.8 Å². The van der Waals surface area contributed by atoms with Crippen molar-refractivity contribution in [1.29, 1.82) is 0 Å². The number of carbonyl (C=O) groups is 1. The quantitative estimate of drug-likeness (QED) is 0.148. The molecule has 1 heterocycles. The van der Waals surface area contributed by atoms with Crippen molar-refractivity contribution in [2.75, 3.05) is 62.0 Å². The summed E-state index contributed by atoms with van der Waals surface area (Å²) in [7, 11) is 0. The predicted molar refractivity (Wildman–Crippen MR) is 168 cm³/mol. The number of aliphatic hydroxyl groups excluding tert-OH is 1. The lowest BCUT2D eigenvalue weighted by molar-refractivity contribution is 0.0511. The van der Waals surface area contributed by atoms with Crippen LogP contribution in [-0.4, -0.2) is 84.2 Å². The highest BCUT2D eigenvalue weighted by atomic mass is 16.5. The third-order valence-corrected chi connectivity index (χ3v) is 8.18. The highest BCUT2D eigenvalue weighted by Crippen LogP contribution is 2.28. The molecule has 2 aliphatic carbocycles. The highest BCUT2D eigenvalue weighted by molar-refractivity contribution is 5.94. The summed E-state index contributed by atoms with van der Waals surface area (Å²) in [6, 6.07) is 7.69. The number of nitrogens with zero attached hydrogens (tertiary/aromatic N) is 3. The zero-order valence-electron chi connectivity index (χ0n) is 25.5. The van der Waals surface area contributed by atoms with E-state index in [0.717, 1.165) is 43.7 Å². The molecule has 12 nitrogen and oxygen atoms in total. The Labute approximate surface area is 255 Å². The summed E-state index contributed by atoms with van der Waals surface area (Å²) >= 11 is 0. The molecule has 2 fully saturated rings. The standard InChI is InChI=1S/C31H50N8O4/c1-22-2-4-23(5-3-22)20-34-29-37-30(39-31(38-29)36-26-10-12-27(40)13-11-26)35-21-24-6-8-25(9-7-24)28(41)33-15-17-43-19-18-42-16-14-32/h6-9,22-23,26-27,40H,2-5,10-21,32H2,1H3,(H,33,41)(H3,34,35,36,37,38,39). The van der Waals surface area contributed by atoms with Gasteiger partial charge in [0.25, 0.3) is 5.91 Å². The van der Waals surface area contributed by atoms with Crippen LogP contribution in [-0.2, 0) is 16.0 Å². The van der Waals surface area contributed by atoms with Gasteiger partial charge in [0.1, 0.15) is 0 Å². The summed E-state index contributed by atoms with van der Waals surface area (Å²) in [6.07, 6.45) is 8.13. The van der Waals surface area contributed by atoms with Crippen molar-refractivity contribution in [2.24, 2.45) is 17.6 Å². The number of aliphatic hydroxyl groups is 1. The zero-order valence-corrected chi connectivity index (χ0v) is 25.5. The number of nitrogens with two attached hydrogens (primary N) is 1. The Kier molecular flexibility index (Phi) is 13.7. The first-order valence-corrected chi connectivity index (χ1v) is 15.9. The topological polar surface area (TPSA) is 169 Å². The molecule has 238 valence electrons. The molecule has 0 unspecified atom stereocenters. The molecule has 0 bridgehead atoms. The minimum absolute atomic E-state index is 0.144. The zero-order chi connectivity index (χ0) is 30.3. The molecule has 0 atom stereocenters. The summed E-state index contributed by atoms with van der Waals surface area (Å²) in [5.74, 6) is 2.89. The van der Waals surface area contributed by atoms with Gasteiger partial charge in [-0.1, -0.05) is 31.9 Å². The SMILES string of the molecule is CC1CCC(CNc2nc(NCc3ccc(C(=O)NCCOCCOCCN)cc3)nc(NC3CCC(O)CC3)n2)CC1. The van der Waals surface area contributed by atoms with Gasteiger partial charge in [0.05, 0.1) is 32.5 Å². The first-order chi connectivity index (χ1) is 21.0. The average Bonchev–Trinajstić information content (AvgIpc) is 3.02. The summed E-state index contributed by atoms with van der Waals surface area (Å²) in [5, 5.41) is 23.0. The molecule has 2 saturated carbocycles. The second-order valence-electron chi connectivity index (χ2n) is 11.8. The maximum atomic E-state index is 12.5. The lowest BCUT2D eigenvalue weighted by atomic mass is 9.83. The van der Waals surface area contributed by atoms with Crippen LogP contribution < -0.4 is 27.0 Å². The third-order valence-electron chi connectivity index (χ3n) is 8.18. The number of rotatable bonds is 17. The van der Waals surface area contributed by atoms with E-state index in [0.29, 0.717) is 75.4 Å². The van der Waals surface area contributed by atoms with E-state index in [1.807, 2.05) is 24.3 Å². The van der Waals surface area contributed by atoms with E-state index in [2.05, 4.69) is 43.1 Å². The summed E-state index contributed by atoms with van der Waals surface area (Å²) in [5.41, 5.74) is 6.96. The molecule has 2 aromatic rings. The van der Waals surface area contributed by atoms with Crippen LogP contribution in [0.5, 0.6) is 0 Å². The van der Waals surface area contributed by atoms with Gasteiger partial charge in [0.15, 0.2) is 0 Å². The van der Waals surface area contributed by atoms with Crippen LogP contribution in [0.25, 0.3) is 0 Å². The molecule has 2 aliphatic rings. The second kappa shape index (κ2) is 17.9. The van der Waals surface area contributed by atoms with Crippen LogP contribution in [0.3, 0.4) is 0 Å². The van der Waals surface area contributed by atoms with Crippen molar-refractivity contribution in [1.82, 2.24) is 20.3 Å². The number of carbonyl (C=O) groups excluding carboxylic acids is 1. The van der Waals surface area contributed by atoms with Crippen molar-refractivity contribution in [3.05, 3.63) is 35.4 Å². The van der Waals surface area contributed by atoms with Crippen molar-refractivity contribution < 1.29 is 19.4 Å². The van der Waals surface area contributed by atoms with Gasteiger partial charge in [-0.15, -0.1) is 0 Å². The average molecular weight is 599 g/mol. The maximum absolute atomic E-state index is 12.5. The third kappa shape index (κ3) is 11.9. The highest BCUT2D eigenvalue weighted by Gasteiger charge is 2.21. The van der Waals surface area contributed by atoms with E-state index < -0.39 is 0 Å². The summed E-state index contributed by atoms with van der Waals surface area (Å²) in [6.45, 7) is 6.50. The fourth-order valence-electron chi connectivity index (χ4n) is 5.47. The van der Waals surface area contributed by atoms with Crippen molar-refractivity contribution in [3.8, 4) is 0 Å². The van der Waals surface area contributed by atoms with E-state index in [4.69, 9.17) is 15.2 Å². The number of aromatic nitrogens is 3. The maximum Gasteiger partial charge on any atom is 0.251 e. The van der Waals surface area contributed by atoms with E-state index in [9.17, 15) is 9.90 Å². The predicted octanol–water partition coefficient (Wildman–Crippen LogP) is 3.16. The van der Waals surface area contributed by atoms with Crippen molar-refractivity contribution in [2.45, 2.75) is 77.0 Å². The Balaban J connectivity index is 1.28. The van der Waals surface area contributed by atoms with Crippen molar-refractivity contribution in [3.63, 3.8) is 0 Å². The smallest absolute Gasteiger partial charge is 0.251 e. The fraction of sp³-hybridized carbons (Fsp3) is 0.677. The first kappa shape index (κ1) is 32.8. The second-order valence-corrected chi connectivity index (χ2v) is 11.8. The minimum Gasteiger partial charge on any atom is -0.393 e. The number of nitrogens with one attached hydrogen (secondary N) is 4. The van der Waals surface area contributed by atoms with Crippen LogP contribution in [0.1, 0.15) is 74.2 Å². The molecule has 1 aromatic heterocycles. The Morgan fingerprint density at radius 2 is 1.51 bits per heavy atom. The van der Waals surface area contributed by atoms with Crippen LogP contribution >= 0.6 is 0 Å². The van der Waals surface area contributed by atoms with Crippen LogP contribution in [0.15, 0.2) is 24.3 Å². The number of amides is 1. The molecule has 4 rings (SSSR count). The molecular weight excluding hydrogens is 548 g/mol. The van der Waals surface area contributed by atoms with E-state index >= 15 is 0 Å². The lowest BCUT2D eigenvalue weighted by Crippen LogP contribution is -2.29. The van der Waals surface area contributed by atoms with E-state index in [1.54, 1.807) is 0 Å². The Bertz CT molecular complexity index is 1090. The summed E-state index contributed by atoms with van der Waals surface area (Å²) < 4.78 is 10.7. The molecule has 0 aliphatic heterocycles. The monoisotopic (exact) mass is 598 g/mol. The minimum atomic E-state index is -0.215. The molecule has 0 spiro atoms. The van der Waals surface area contributed by atoms with Gasteiger partial charge < -0.3 is 41.6 Å². The van der Waals surface area contributed by atoms with E-state index in [1.165, 1.54) is 25.7 Å². The van der Waals surface area contributed by atoms with Gasteiger partial charge in [-0.05, 0) is 68.1 Å². The van der Waals surface area contributed by atoms with Gasteiger partial charge in [0.2, 0.25) is 17.8 Å². The molecule has 1 amide bonds. The number of hydrogen-bond donors (Lipinski definition) is 6. The molecule has 12 heteroatoms. The van der Waals surface area contributed by atoms with Crippen LogP contribution in [0.4, 0.5) is 17.8 Å².